The first-order valence-electron chi connectivity index (χ1n) is 8.41. The van der Waals surface area contributed by atoms with Crippen molar-refractivity contribution in [3.63, 3.8) is 0 Å². The second kappa shape index (κ2) is 6.24. The van der Waals surface area contributed by atoms with E-state index in [0.29, 0.717) is 17.7 Å². The molecule has 2 N–H and O–H groups in total. The van der Waals surface area contributed by atoms with Crippen molar-refractivity contribution in [2.24, 2.45) is 10.9 Å². The Morgan fingerprint density at radius 1 is 1.38 bits per heavy atom. The summed E-state index contributed by atoms with van der Waals surface area (Å²) in [6.45, 7) is 2.76. The molecule has 0 fully saturated rings. The van der Waals surface area contributed by atoms with E-state index in [1.165, 1.54) is 5.70 Å². The first-order valence-corrected chi connectivity index (χ1v) is 8.41. The number of aromatic nitrogens is 1. The summed E-state index contributed by atoms with van der Waals surface area (Å²) in [6, 6.07) is 4.02. The van der Waals surface area contributed by atoms with Crippen LogP contribution < -0.4 is 5.32 Å². The highest BCUT2D eigenvalue weighted by molar-refractivity contribution is 5.80. The Morgan fingerprint density at radius 2 is 2.25 bits per heavy atom. The lowest BCUT2D eigenvalue weighted by Gasteiger charge is -2.28. The van der Waals surface area contributed by atoms with Gasteiger partial charge in [-0.05, 0) is 24.1 Å². The molecular weight excluding hydrogens is 300 g/mol. The van der Waals surface area contributed by atoms with Crippen molar-refractivity contribution in [2.45, 2.75) is 19.0 Å². The van der Waals surface area contributed by atoms with Crippen LogP contribution in [-0.2, 0) is 6.54 Å². The molecule has 5 heteroatoms. The second-order valence-electron chi connectivity index (χ2n) is 6.52. The van der Waals surface area contributed by atoms with Gasteiger partial charge >= 0.3 is 0 Å². The molecule has 0 bridgehead atoms. The van der Waals surface area contributed by atoms with E-state index in [0.717, 1.165) is 31.7 Å². The SMILES string of the molecule is CN=Cc1nc(CN2CCC3=C(C2)NC2C=CC=CC32)ccc1O. The molecule has 3 aliphatic rings. The molecule has 4 rings (SSSR count). The maximum absolute atomic E-state index is 9.82. The Balaban J connectivity index is 1.47. The Hall–Kier alpha value is -2.40. The van der Waals surface area contributed by atoms with Crippen LogP contribution in [0.15, 0.2) is 52.7 Å². The Morgan fingerprint density at radius 3 is 3.12 bits per heavy atom. The number of hydrogen-bond donors (Lipinski definition) is 2. The third kappa shape index (κ3) is 2.76. The van der Waals surface area contributed by atoms with Gasteiger partial charge in [-0.1, -0.05) is 24.3 Å². The van der Waals surface area contributed by atoms with E-state index >= 15 is 0 Å². The minimum atomic E-state index is 0.174. The number of fused-ring (bicyclic) bond motifs is 2. The second-order valence-corrected chi connectivity index (χ2v) is 6.52. The monoisotopic (exact) mass is 322 g/mol. The molecule has 124 valence electrons. The van der Waals surface area contributed by atoms with E-state index in [-0.39, 0.29) is 5.75 Å². The molecule has 2 aliphatic heterocycles. The standard InChI is InChI=1S/C19H22N4O/c1-20-10-17-19(24)7-6-13(21-17)11-23-9-8-15-14-4-2-3-5-16(14)22-18(15)12-23/h2-7,10,14,16,22,24H,8-9,11-12H2,1H3. The smallest absolute Gasteiger partial charge is 0.142 e. The van der Waals surface area contributed by atoms with Crippen LogP contribution in [0.25, 0.3) is 0 Å². The molecule has 1 aromatic rings. The molecular formula is C19H22N4O. The summed E-state index contributed by atoms with van der Waals surface area (Å²) >= 11 is 0. The summed E-state index contributed by atoms with van der Waals surface area (Å²) in [5, 5.41) is 13.5. The Bertz CT molecular complexity index is 763. The lowest BCUT2D eigenvalue weighted by Crippen LogP contribution is -2.34. The Kier molecular flexibility index (Phi) is 3.94. The summed E-state index contributed by atoms with van der Waals surface area (Å²) in [6.07, 6.45) is 11.5. The highest BCUT2D eigenvalue weighted by Gasteiger charge is 2.34. The maximum Gasteiger partial charge on any atom is 0.142 e. The molecule has 1 aromatic heterocycles. The number of rotatable bonds is 3. The average Bonchev–Trinajstić information content (AvgIpc) is 2.96. The zero-order valence-corrected chi connectivity index (χ0v) is 13.8. The Labute approximate surface area is 142 Å². The van der Waals surface area contributed by atoms with Crippen LogP contribution in [0.1, 0.15) is 17.8 Å². The van der Waals surface area contributed by atoms with Crippen molar-refractivity contribution in [2.75, 3.05) is 20.1 Å². The van der Waals surface area contributed by atoms with Gasteiger partial charge in [0.2, 0.25) is 0 Å². The van der Waals surface area contributed by atoms with Crippen molar-refractivity contribution >= 4 is 6.21 Å². The normalized spacial score (nSPS) is 25.9. The zero-order valence-electron chi connectivity index (χ0n) is 13.8. The fraction of sp³-hybridized carbons (Fsp3) is 0.368. The average molecular weight is 322 g/mol. The molecule has 0 amide bonds. The van der Waals surface area contributed by atoms with Crippen LogP contribution >= 0.6 is 0 Å². The minimum absolute atomic E-state index is 0.174. The van der Waals surface area contributed by atoms with Gasteiger partial charge in [-0.15, -0.1) is 0 Å². The third-order valence-electron chi connectivity index (χ3n) is 4.94. The molecule has 0 saturated carbocycles. The largest absolute Gasteiger partial charge is 0.506 e. The number of nitrogens with one attached hydrogen (secondary N) is 1. The van der Waals surface area contributed by atoms with E-state index in [1.807, 2.05) is 6.07 Å². The van der Waals surface area contributed by atoms with Crippen LogP contribution in [0, 0.1) is 5.92 Å². The highest BCUT2D eigenvalue weighted by Crippen LogP contribution is 2.35. The van der Waals surface area contributed by atoms with Crippen molar-refractivity contribution in [3.05, 3.63) is 59.1 Å². The summed E-state index contributed by atoms with van der Waals surface area (Å²) in [5.41, 5.74) is 4.44. The number of aliphatic imine (C=N–C) groups is 1. The van der Waals surface area contributed by atoms with Gasteiger partial charge in [0, 0.05) is 38.3 Å². The molecule has 1 aliphatic carbocycles. The quantitative estimate of drug-likeness (QED) is 0.836. The maximum atomic E-state index is 9.82. The van der Waals surface area contributed by atoms with Crippen LogP contribution in [0.2, 0.25) is 0 Å². The molecule has 2 atom stereocenters. The predicted octanol–water partition coefficient (Wildman–Crippen LogP) is 2.01. The topological polar surface area (TPSA) is 60.8 Å². The first-order chi connectivity index (χ1) is 11.7. The fourth-order valence-electron chi connectivity index (χ4n) is 3.80. The summed E-state index contributed by atoms with van der Waals surface area (Å²) in [7, 11) is 1.68. The van der Waals surface area contributed by atoms with Crippen molar-refractivity contribution in [1.82, 2.24) is 15.2 Å². The van der Waals surface area contributed by atoms with Gasteiger partial charge in [-0.2, -0.15) is 0 Å². The van der Waals surface area contributed by atoms with E-state index in [9.17, 15) is 5.11 Å². The zero-order chi connectivity index (χ0) is 16.5. The molecule has 2 unspecified atom stereocenters. The molecule has 5 nitrogen and oxygen atoms in total. The van der Waals surface area contributed by atoms with Crippen LogP contribution in [0.4, 0.5) is 0 Å². The van der Waals surface area contributed by atoms with Crippen LogP contribution in [0.5, 0.6) is 5.75 Å². The third-order valence-corrected chi connectivity index (χ3v) is 4.94. The van der Waals surface area contributed by atoms with Gasteiger partial charge in [-0.25, -0.2) is 4.98 Å². The fourth-order valence-corrected chi connectivity index (χ4v) is 3.80. The number of hydrogen-bond acceptors (Lipinski definition) is 5. The van der Waals surface area contributed by atoms with E-state index in [1.54, 1.807) is 24.9 Å². The highest BCUT2D eigenvalue weighted by atomic mass is 16.3. The molecule has 0 aromatic carbocycles. The number of aromatic hydroxyl groups is 1. The molecule has 0 spiro atoms. The van der Waals surface area contributed by atoms with Crippen LogP contribution in [0.3, 0.4) is 0 Å². The number of pyridine rings is 1. The van der Waals surface area contributed by atoms with Crippen molar-refractivity contribution in [3.8, 4) is 5.75 Å². The molecule has 0 saturated heterocycles. The number of nitrogens with zero attached hydrogens (tertiary/aromatic N) is 3. The van der Waals surface area contributed by atoms with Gasteiger partial charge in [0.15, 0.2) is 0 Å². The summed E-state index contributed by atoms with van der Waals surface area (Å²) in [4.78, 5) is 10.9. The van der Waals surface area contributed by atoms with Gasteiger partial charge in [0.1, 0.15) is 11.4 Å². The lowest BCUT2D eigenvalue weighted by atomic mass is 9.88. The lowest BCUT2D eigenvalue weighted by molar-refractivity contribution is 0.270. The van der Waals surface area contributed by atoms with Crippen molar-refractivity contribution in [1.29, 1.82) is 0 Å². The van der Waals surface area contributed by atoms with Gasteiger partial charge in [0.05, 0.1) is 18.0 Å². The van der Waals surface area contributed by atoms with Gasteiger partial charge in [-0.3, -0.25) is 9.89 Å². The predicted molar refractivity (Wildman–Crippen MR) is 95.0 cm³/mol. The summed E-state index contributed by atoms with van der Waals surface area (Å²) in [5.74, 6) is 0.708. The van der Waals surface area contributed by atoms with Gasteiger partial charge in [0.25, 0.3) is 0 Å². The molecule has 24 heavy (non-hydrogen) atoms. The van der Waals surface area contributed by atoms with Crippen molar-refractivity contribution < 1.29 is 5.11 Å². The molecule has 3 heterocycles. The van der Waals surface area contributed by atoms with E-state index in [2.05, 4.69) is 44.5 Å². The number of allylic oxidation sites excluding steroid dienone is 2. The molecule has 0 radical (unpaired) electrons. The van der Waals surface area contributed by atoms with Gasteiger partial charge < -0.3 is 10.4 Å². The van der Waals surface area contributed by atoms with Crippen LogP contribution in [-0.4, -0.2) is 47.4 Å². The first kappa shape index (κ1) is 15.1. The summed E-state index contributed by atoms with van der Waals surface area (Å²) < 4.78 is 0. The van der Waals surface area contributed by atoms with E-state index in [4.69, 9.17) is 0 Å². The minimum Gasteiger partial charge on any atom is -0.506 e. The van der Waals surface area contributed by atoms with E-state index < -0.39 is 0 Å².